The van der Waals surface area contributed by atoms with Crippen LogP contribution in [0, 0.1) is 26.6 Å². The Balaban J connectivity index is 1.81. The Labute approximate surface area is 201 Å². The van der Waals surface area contributed by atoms with Crippen molar-refractivity contribution in [2.24, 2.45) is 5.92 Å². The number of para-hydroxylation sites is 2. The summed E-state index contributed by atoms with van der Waals surface area (Å²) in [5, 5.41) is 0. The van der Waals surface area contributed by atoms with Gasteiger partial charge in [0.25, 0.3) is 5.82 Å². The summed E-state index contributed by atoms with van der Waals surface area (Å²) in [5.74, 6) is 0.768. The second-order valence-electron chi connectivity index (χ2n) is 9.74. The third-order valence-corrected chi connectivity index (χ3v) is 8.07. The van der Waals surface area contributed by atoms with Crippen LogP contribution in [0.3, 0.4) is 0 Å². The third-order valence-electron chi connectivity index (χ3n) is 8.07. The summed E-state index contributed by atoms with van der Waals surface area (Å²) < 4.78 is 30.3. The van der Waals surface area contributed by atoms with E-state index in [1.807, 2.05) is 28.8 Å². The Bertz CT molecular complexity index is 1430. The Morgan fingerprint density at radius 1 is 0.848 bits per heavy atom. The molecule has 3 aromatic carbocycles. The van der Waals surface area contributed by atoms with E-state index < -0.39 is 12.3 Å². The molecule has 1 aromatic heterocycles. The van der Waals surface area contributed by atoms with Gasteiger partial charge in [0.2, 0.25) is 0 Å². The number of hydrogen-bond acceptors (Lipinski definition) is 0. The minimum absolute atomic E-state index is 0.366. The second-order valence-corrected chi connectivity index (χ2v) is 9.74. The van der Waals surface area contributed by atoms with Crippen LogP contribution in [0.5, 0.6) is 0 Å². The van der Waals surface area contributed by atoms with Gasteiger partial charge in [0, 0.05) is 23.5 Å². The van der Waals surface area contributed by atoms with Crippen molar-refractivity contribution in [3.05, 3.63) is 113 Å². The molecular weight excluding hydrogens is 400 g/mol. The summed E-state index contributed by atoms with van der Waals surface area (Å²) in [4.78, 5) is 0. The molecule has 4 aromatic rings. The lowest BCUT2D eigenvalue weighted by Gasteiger charge is -2.39. The van der Waals surface area contributed by atoms with Gasteiger partial charge in [-0.3, -0.25) is 0 Å². The minimum Gasteiger partial charge on any atom is -0.197 e. The normalized spacial score (nSPS) is 21.7. The summed E-state index contributed by atoms with van der Waals surface area (Å²) in [7, 11) is 0. The molecule has 0 N–H and O–H groups in total. The SMILES string of the molecule is [2H]C([2H])([2H])c1n(-c2ccccc2C)c(C)c2[n+]1-c1ccccc1C2(c1ccccc1)C1CCCCC1. The predicted octanol–water partition coefficient (Wildman–Crippen LogP) is 6.91. The molecule has 166 valence electrons. The topological polar surface area (TPSA) is 8.81 Å². The number of aromatic nitrogens is 2. The first kappa shape index (κ1) is 17.4. The molecule has 33 heavy (non-hydrogen) atoms. The summed E-state index contributed by atoms with van der Waals surface area (Å²) in [5.41, 5.74) is 7.25. The van der Waals surface area contributed by atoms with E-state index >= 15 is 0 Å². The van der Waals surface area contributed by atoms with Gasteiger partial charge in [0.05, 0.1) is 5.41 Å². The van der Waals surface area contributed by atoms with E-state index in [0.29, 0.717) is 11.7 Å². The predicted molar refractivity (Wildman–Crippen MR) is 134 cm³/mol. The Hall–Kier alpha value is -3.13. The van der Waals surface area contributed by atoms with E-state index in [4.69, 9.17) is 4.11 Å². The van der Waals surface area contributed by atoms with Crippen molar-refractivity contribution in [3.63, 3.8) is 0 Å². The van der Waals surface area contributed by atoms with E-state index in [2.05, 4.69) is 73.0 Å². The lowest BCUT2D eigenvalue weighted by Crippen LogP contribution is -2.42. The number of imidazole rings is 1. The molecule has 2 aliphatic rings. The van der Waals surface area contributed by atoms with Gasteiger partial charge in [-0.05, 0) is 48.9 Å². The molecule has 1 fully saturated rings. The lowest BCUT2D eigenvalue weighted by molar-refractivity contribution is -0.606. The summed E-state index contributed by atoms with van der Waals surface area (Å²) in [6.45, 7) is 1.89. The van der Waals surface area contributed by atoms with Crippen molar-refractivity contribution in [2.75, 3.05) is 0 Å². The third kappa shape index (κ3) is 2.76. The first-order valence-corrected chi connectivity index (χ1v) is 12.3. The molecule has 2 heterocycles. The van der Waals surface area contributed by atoms with Gasteiger partial charge in [0.15, 0.2) is 11.4 Å². The van der Waals surface area contributed by atoms with E-state index in [9.17, 15) is 0 Å². The van der Waals surface area contributed by atoms with Crippen LogP contribution in [0.1, 0.15) is 70.1 Å². The highest BCUT2D eigenvalue weighted by Gasteiger charge is 2.57. The molecule has 1 aliphatic carbocycles. The zero-order chi connectivity index (χ0) is 25.1. The first-order valence-electron chi connectivity index (χ1n) is 13.8. The van der Waals surface area contributed by atoms with Gasteiger partial charge < -0.3 is 0 Å². The standard InChI is InChI=1S/C31H33N2/c1-22-14-10-12-20-28(22)32-23(2)30-31(25-15-6-4-7-16-25,26-17-8-5-9-18-26)27-19-11-13-21-29(27)33(30)24(32)3/h4,6-7,10-16,19-21,26H,5,8-9,17-18H2,1-3H3/q+1/i3D3. The van der Waals surface area contributed by atoms with Gasteiger partial charge >= 0.3 is 0 Å². The minimum atomic E-state index is -2.29. The van der Waals surface area contributed by atoms with Crippen LogP contribution in [-0.4, -0.2) is 4.57 Å². The molecule has 0 spiro atoms. The van der Waals surface area contributed by atoms with Crippen molar-refractivity contribution in [1.82, 2.24) is 4.57 Å². The maximum absolute atomic E-state index is 8.73. The fourth-order valence-electron chi connectivity index (χ4n) is 6.75. The molecule has 0 bridgehead atoms. The maximum Gasteiger partial charge on any atom is 0.264 e. The summed E-state index contributed by atoms with van der Waals surface area (Å²) in [6, 6.07) is 27.5. The Morgan fingerprint density at radius 2 is 1.55 bits per heavy atom. The van der Waals surface area contributed by atoms with Crippen molar-refractivity contribution < 1.29 is 8.68 Å². The van der Waals surface area contributed by atoms with Gasteiger partial charge in [-0.1, -0.05) is 86.0 Å². The van der Waals surface area contributed by atoms with Crippen LogP contribution in [0.25, 0.3) is 11.4 Å². The van der Waals surface area contributed by atoms with Crippen molar-refractivity contribution in [3.8, 4) is 11.4 Å². The molecule has 0 amide bonds. The van der Waals surface area contributed by atoms with Gasteiger partial charge in [-0.25, -0.2) is 0 Å². The summed E-state index contributed by atoms with van der Waals surface area (Å²) >= 11 is 0. The highest BCUT2D eigenvalue weighted by Crippen LogP contribution is 2.54. The molecule has 0 saturated heterocycles. The molecule has 2 heteroatoms. The molecule has 6 rings (SSSR count). The molecular formula is C31H33N2+. The van der Waals surface area contributed by atoms with Crippen LogP contribution in [-0.2, 0) is 5.41 Å². The second kappa shape index (κ2) is 7.73. The number of hydrogen-bond donors (Lipinski definition) is 0. The van der Waals surface area contributed by atoms with E-state index in [1.54, 1.807) is 0 Å². The van der Waals surface area contributed by atoms with Gasteiger partial charge in [0.1, 0.15) is 11.4 Å². The molecule has 1 atom stereocenters. The average molecular weight is 437 g/mol. The van der Waals surface area contributed by atoms with Crippen LogP contribution < -0.4 is 4.57 Å². The van der Waals surface area contributed by atoms with Gasteiger partial charge in [-0.15, -0.1) is 0 Å². The zero-order valence-corrected chi connectivity index (χ0v) is 19.5. The Kier molecular flexibility index (Phi) is 4.06. The molecule has 0 radical (unpaired) electrons. The molecule has 1 unspecified atom stereocenters. The van der Waals surface area contributed by atoms with Gasteiger partial charge in [-0.2, -0.15) is 9.13 Å². The van der Waals surface area contributed by atoms with Crippen LogP contribution in [0.2, 0.25) is 0 Å². The number of rotatable bonds is 3. The fourth-order valence-corrected chi connectivity index (χ4v) is 6.75. The van der Waals surface area contributed by atoms with E-state index in [1.165, 1.54) is 30.4 Å². The summed E-state index contributed by atoms with van der Waals surface area (Å²) in [6.07, 6.45) is 5.98. The number of nitrogens with zero attached hydrogens (tertiary/aromatic N) is 2. The highest BCUT2D eigenvalue weighted by molar-refractivity contribution is 5.60. The van der Waals surface area contributed by atoms with E-state index in [0.717, 1.165) is 41.2 Å². The fraction of sp³-hybridized carbons (Fsp3) is 0.323. The van der Waals surface area contributed by atoms with Crippen molar-refractivity contribution in [2.45, 2.75) is 58.2 Å². The smallest absolute Gasteiger partial charge is 0.197 e. The highest BCUT2D eigenvalue weighted by atomic mass is 15.2. The molecule has 1 aliphatic heterocycles. The largest absolute Gasteiger partial charge is 0.264 e. The maximum atomic E-state index is 8.73. The quantitative estimate of drug-likeness (QED) is 0.309. The van der Waals surface area contributed by atoms with Crippen molar-refractivity contribution >= 4 is 0 Å². The van der Waals surface area contributed by atoms with E-state index in [-0.39, 0.29) is 0 Å². The van der Waals surface area contributed by atoms with Crippen molar-refractivity contribution in [1.29, 1.82) is 0 Å². The monoisotopic (exact) mass is 436 g/mol. The number of benzene rings is 3. The number of fused-ring (bicyclic) bond motifs is 3. The van der Waals surface area contributed by atoms with Crippen LogP contribution in [0.15, 0.2) is 78.9 Å². The first-order chi connectivity index (χ1) is 17.4. The molecule has 1 saturated carbocycles. The number of aryl methyl sites for hydroxylation is 1. The lowest BCUT2D eigenvalue weighted by atomic mass is 9.60. The van der Waals surface area contributed by atoms with Crippen LogP contribution >= 0.6 is 0 Å². The zero-order valence-electron chi connectivity index (χ0n) is 22.5. The average Bonchev–Trinajstić information content (AvgIpc) is 3.36. The Morgan fingerprint density at radius 3 is 2.30 bits per heavy atom. The van der Waals surface area contributed by atoms with Crippen LogP contribution in [0.4, 0.5) is 0 Å². The molecule has 2 nitrogen and oxygen atoms in total.